The number of rotatable bonds is 4. The Hall–Kier alpha value is -1.20. The molecule has 5 nitrogen and oxygen atoms in total. The molecule has 1 saturated heterocycles. The first-order valence-electron chi connectivity index (χ1n) is 8.01. The van der Waals surface area contributed by atoms with Crippen LogP contribution in [-0.4, -0.2) is 55.2 Å². The van der Waals surface area contributed by atoms with Gasteiger partial charge in [-0.15, -0.1) is 0 Å². The van der Waals surface area contributed by atoms with Gasteiger partial charge in [-0.05, 0) is 20.0 Å². The number of methoxy groups -OCH3 is 1. The number of nitrogens with zero attached hydrogens (tertiary/aromatic N) is 4. The van der Waals surface area contributed by atoms with Crippen LogP contribution in [0.15, 0.2) is 6.07 Å². The van der Waals surface area contributed by atoms with Gasteiger partial charge < -0.3 is 14.5 Å². The molecule has 1 aromatic heterocycles. The molecule has 1 fully saturated rings. The average molecular weight is 306 g/mol. The van der Waals surface area contributed by atoms with E-state index in [1.54, 1.807) is 7.11 Å². The first-order valence-corrected chi connectivity index (χ1v) is 8.01. The summed E-state index contributed by atoms with van der Waals surface area (Å²) in [6.07, 6.45) is 0. The minimum Gasteiger partial charge on any atom is -0.378 e. The smallest absolute Gasteiger partial charge is 0.136 e. The molecule has 0 N–H and O–H groups in total. The molecule has 0 aliphatic carbocycles. The molecular formula is C17H30N4O. The van der Waals surface area contributed by atoms with E-state index in [2.05, 4.69) is 62.6 Å². The van der Waals surface area contributed by atoms with Crippen molar-refractivity contribution < 1.29 is 4.74 Å². The second-order valence-corrected chi connectivity index (χ2v) is 7.64. The van der Waals surface area contributed by atoms with Gasteiger partial charge >= 0.3 is 0 Å². The second kappa shape index (κ2) is 6.50. The van der Waals surface area contributed by atoms with E-state index in [-0.39, 0.29) is 5.41 Å². The average Bonchev–Trinajstić information content (AvgIpc) is 2.80. The van der Waals surface area contributed by atoms with Gasteiger partial charge in [0.15, 0.2) is 0 Å². The third-order valence-corrected chi connectivity index (χ3v) is 4.29. The molecule has 2 unspecified atom stereocenters. The van der Waals surface area contributed by atoms with Gasteiger partial charge in [-0.25, -0.2) is 9.97 Å². The van der Waals surface area contributed by atoms with Crippen LogP contribution >= 0.6 is 0 Å². The van der Waals surface area contributed by atoms with Crippen molar-refractivity contribution in [1.29, 1.82) is 0 Å². The molecule has 0 amide bonds. The van der Waals surface area contributed by atoms with Crippen molar-refractivity contribution in [1.82, 2.24) is 14.9 Å². The molecule has 22 heavy (non-hydrogen) atoms. The predicted octanol–water partition coefficient (Wildman–Crippen LogP) is 2.31. The molecule has 1 aliphatic rings. The predicted molar refractivity (Wildman–Crippen MR) is 90.3 cm³/mol. The van der Waals surface area contributed by atoms with E-state index in [1.165, 1.54) is 0 Å². The Kier molecular flexibility index (Phi) is 5.07. The van der Waals surface area contributed by atoms with Gasteiger partial charge in [0.25, 0.3) is 0 Å². The van der Waals surface area contributed by atoms with E-state index in [9.17, 15) is 0 Å². The van der Waals surface area contributed by atoms with Crippen LogP contribution in [0, 0.1) is 5.92 Å². The minimum absolute atomic E-state index is 0.0647. The highest BCUT2D eigenvalue weighted by Gasteiger charge is 2.32. The fraction of sp³-hybridized carbons (Fsp3) is 0.765. The van der Waals surface area contributed by atoms with Gasteiger partial charge in [0.2, 0.25) is 0 Å². The maximum atomic E-state index is 5.28. The Labute approximate surface area is 134 Å². The number of anilines is 1. The van der Waals surface area contributed by atoms with E-state index in [0.29, 0.717) is 18.6 Å². The molecule has 0 saturated carbocycles. The van der Waals surface area contributed by atoms with Crippen molar-refractivity contribution >= 4 is 5.82 Å². The fourth-order valence-corrected chi connectivity index (χ4v) is 3.01. The third-order valence-electron chi connectivity index (χ3n) is 4.29. The first-order chi connectivity index (χ1) is 10.2. The normalized spacial score (nSPS) is 22.6. The van der Waals surface area contributed by atoms with Crippen molar-refractivity contribution in [2.75, 3.05) is 39.2 Å². The molecule has 2 rings (SSSR count). The Morgan fingerprint density at radius 1 is 1.27 bits per heavy atom. The van der Waals surface area contributed by atoms with Crippen molar-refractivity contribution in [2.24, 2.45) is 5.92 Å². The van der Waals surface area contributed by atoms with Crippen LogP contribution < -0.4 is 4.90 Å². The summed E-state index contributed by atoms with van der Waals surface area (Å²) in [7, 11) is 6.02. The van der Waals surface area contributed by atoms with Gasteiger partial charge in [-0.3, -0.25) is 0 Å². The molecule has 2 atom stereocenters. The molecule has 124 valence electrons. The van der Waals surface area contributed by atoms with Crippen molar-refractivity contribution in [3.05, 3.63) is 17.6 Å². The number of ether oxygens (including phenoxy) is 1. The van der Waals surface area contributed by atoms with Crippen molar-refractivity contribution in [2.45, 2.75) is 45.8 Å². The standard InChI is InChI=1S/C17H30N4O/c1-12-9-21(10-14(12)20(5)6)15-8-13(11-22-7)18-16(19-15)17(2,3)4/h8,12,14H,9-11H2,1-7H3. The van der Waals surface area contributed by atoms with Crippen LogP contribution in [0.25, 0.3) is 0 Å². The maximum absolute atomic E-state index is 5.28. The zero-order valence-corrected chi connectivity index (χ0v) is 15.1. The molecule has 0 aromatic carbocycles. The van der Waals surface area contributed by atoms with Gasteiger partial charge in [0, 0.05) is 37.7 Å². The van der Waals surface area contributed by atoms with Gasteiger partial charge in [0.1, 0.15) is 11.6 Å². The monoisotopic (exact) mass is 306 g/mol. The molecule has 2 heterocycles. The van der Waals surface area contributed by atoms with Crippen LogP contribution in [0.1, 0.15) is 39.2 Å². The molecule has 1 aliphatic heterocycles. The van der Waals surface area contributed by atoms with Crippen LogP contribution in [0.2, 0.25) is 0 Å². The summed E-state index contributed by atoms with van der Waals surface area (Å²) >= 11 is 0. The van der Waals surface area contributed by atoms with E-state index in [1.807, 2.05) is 0 Å². The highest BCUT2D eigenvalue weighted by molar-refractivity contribution is 5.42. The third kappa shape index (κ3) is 3.76. The number of likely N-dealkylation sites (N-methyl/N-ethyl adjacent to an activating group) is 1. The summed E-state index contributed by atoms with van der Waals surface area (Å²) in [5.41, 5.74) is 0.892. The summed E-state index contributed by atoms with van der Waals surface area (Å²) < 4.78 is 5.28. The minimum atomic E-state index is -0.0647. The Bertz CT molecular complexity index is 510. The lowest BCUT2D eigenvalue weighted by Gasteiger charge is -2.24. The van der Waals surface area contributed by atoms with E-state index < -0.39 is 0 Å². The van der Waals surface area contributed by atoms with Gasteiger partial charge in [-0.1, -0.05) is 27.7 Å². The van der Waals surface area contributed by atoms with Crippen molar-refractivity contribution in [3.8, 4) is 0 Å². The fourth-order valence-electron chi connectivity index (χ4n) is 3.01. The summed E-state index contributed by atoms with van der Waals surface area (Å²) in [4.78, 5) is 14.2. The summed E-state index contributed by atoms with van der Waals surface area (Å²) in [5.74, 6) is 2.55. The SMILES string of the molecule is COCc1cc(N2CC(C)C(N(C)C)C2)nc(C(C)(C)C)n1. The van der Waals surface area contributed by atoms with Crippen LogP contribution in [0.5, 0.6) is 0 Å². The second-order valence-electron chi connectivity index (χ2n) is 7.64. The first kappa shape index (κ1) is 17.2. The summed E-state index contributed by atoms with van der Waals surface area (Å²) in [5, 5.41) is 0. The van der Waals surface area contributed by atoms with Crippen molar-refractivity contribution in [3.63, 3.8) is 0 Å². The highest BCUT2D eigenvalue weighted by atomic mass is 16.5. The van der Waals surface area contributed by atoms with E-state index in [4.69, 9.17) is 9.72 Å². The highest BCUT2D eigenvalue weighted by Crippen LogP contribution is 2.27. The Balaban J connectivity index is 2.32. The van der Waals surface area contributed by atoms with Crippen LogP contribution in [0.3, 0.4) is 0 Å². The molecular weight excluding hydrogens is 276 g/mol. The van der Waals surface area contributed by atoms with Crippen LogP contribution in [-0.2, 0) is 16.8 Å². The quantitative estimate of drug-likeness (QED) is 0.854. The zero-order chi connectivity index (χ0) is 16.5. The lowest BCUT2D eigenvalue weighted by Crippen LogP contribution is -2.34. The van der Waals surface area contributed by atoms with Crippen LogP contribution in [0.4, 0.5) is 5.82 Å². The lowest BCUT2D eigenvalue weighted by molar-refractivity contribution is 0.181. The number of hydrogen-bond acceptors (Lipinski definition) is 5. The molecule has 1 aromatic rings. The molecule has 0 spiro atoms. The summed E-state index contributed by atoms with van der Waals surface area (Å²) in [6, 6.07) is 2.64. The van der Waals surface area contributed by atoms with E-state index >= 15 is 0 Å². The Morgan fingerprint density at radius 3 is 2.45 bits per heavy atom. The zero-order valence-electron chi connectivity index (χ0n) is 15.1. The van der Waals surface area contributed by atoms with Gasteiger partial charge in [-0.2, -0.15) is 0 Å². The topological polar surface area (TPSA) is 41.5 Å². The Morgan fingerprint density at radius 2 is 1.95 bits per heavy atom. The largest absolute Gasteiger partial charge is 0.378 e. The van der Waals surface area contributed by atoms with Gasteiger partial charge in [0.05, 0.1) is 12.3 Å². The molecule has 0 radical (unpaired) electrons. The number of aromatic nitrogens is 2. The number of hydrogen-bond donors (Lipinski definition) is 0. The van der Waals surface area contributed by atoms with E-state index in [0.717, 1.165) is 30.4 Å². The maximum Gasteiger partial charge on any atom is 0.136 e. The lowest BCUT2D eigenvalue weighted by atomic mass is 9.95. The summed E-state index contributed by atoms with van der Waals surface area (Å²) in [6.45, 7) is 11.3. The molecule has 5 heteroatoms. The molecule has 0 bridgehead atoms.